The highest BCUT2D eigenvalue weighted by molar-refractivity contribution is 7.80. The molecule has 2 nitrogen and oxygen atoms in total. The van der Waals surface area contributed by atoms with Crippen molar-refractivity contribution in [3.63, 3.8) is 0 Å². The number of thiocarbonyl (C=S) groups is 1. The fraction of sp³-hybridized carbons (Fsp3) is 0.462. The third kappa shape index (κ3) is 3.01. The molecule has 1 aromatic rings. The lowest BCUT2D eigenvalue weighted by Crippen LogP contribution is -2.36. The molecule has 0 radical (unpaired) electrons. The van der Waals surface area contributed by atoms with E-state index in [4.69, 9.17) is 18.0 Å². The molecule has 0 saturated heterocycles. The number of nitrogens with zero attached hydrogens (tertiary/aromatic N) is 1. The fourth-order valence-electron chi connectivity index (χ4n) is 2.13. The van der Waals surface area contributed by atoms with Crippen molar-refractivity contribution in [1.29, 1.82) is 0 Å². The van der Waals surface area contributed by atoms with Crippen LogP contribution in [0, 0.1) is 5.82 Å². The summed E-state index contributed by atoms with van der Waals surface area (Å²) in [6.45, 7) is 0.748. The maximum atomic E-state index is 13.4. The molecule has 1 aliphatic rings. The third-order valence-electron chi connectivity index (χ3n) is 3.37. The van der Waals surface area contributed by atoms with Gasteiger partial charge in [-0.3, -0.25) is 4.90 Å². The van der Waals surface area contributed by atoms with Crippen LogP contribution in [0.2, 0.25) is 0 Å². The molecule has 17 heavy (non-hydrogen) atoms. The zero-order chi connectivity index (χ0) is 12.4. The summed E-state index contributed by atoms with van der Waals surface area (Å²) in [6, 6.07) is 5.46. The van der Waals surface area contributed by atoms with Crippen LogP contribution in [0.4, 0.5) is 4.39 Å². The lowest BCUT2D eigenvalue weighted by molar-refractivity contribution is 0.152. The summed E-state index contributed by atoms with van der Waals surface area (Å²) in [7, 11) is 2.08. The van der Waals surface area contributed by atoms with Crippen molar-refractivity contribution >= 4 is 17.2 Å². The quantitative estimate of drug-likeness (QED) is 0.835. The molecule has 4 heteroatoms. The normalized spacial score (nSPS) is 15.9. The van der Waals surface area contributed by atoms with Gasteiger partial charge in [0.15, 0.2) is 0 Å². The second kappa shape index (κ2) is 5.10. The lowest BCUT2D eigenvalue weighted by Gasteiger charge is -2.34. The number of hydrogen-bond acceptors (Lipinski definition) is 2. The highest BCUT2D eigenvalue weighted by Crippen LogP contribution is 2.25. The summed E-state index contributed by atoms with van der Waals surface area (Å²) in [4.78, 5) is 2.51. The lowest BCUT2D eigenvalue weighted by atomic mass is 9.91. The maximum absolute atomic E-state index is 13.4. The van der Waals surface area contributed by atoms with E-state index in [2.05, 4.69) is 11.9 Å². The Morgan fingerprint density at radius 2 is 2.18 bits per heavy atom. The average Bonchev–Trinajstić information content (AvgIpc) is 2.13. The maximum Gasteiger partial charge on any atom is 0.124 e. The zero-order valence-electron chi connectivity index (χ0n) is 9.95. The topological polar surface area (TPSA) is 29.3 Å². The van der Waals surface area contributed by atoms with Gasteiger partial charge in [-0.15, -0.1) is 0 Å². The summed E-state index contributed by atoms with van der Waals surface area (Å²) in [6.07, 6.45) is 3.79. The van der Waals surface area contributed by atoms with Crippen LogP contribution in [-0.2, 0) is 6.54 Å². The van der Waals surface area contributed by atoms with Gasteiger partial charge in [0, 0.05) is 18.2 Å². The van der Waals surface area contributed by atoms with Gasteiger partial charge in [0.25, 0.3) is 0 Å². The molecule has 2 rings (SSSR count). The van der Waals surface area contributed by atoms with Crippen molar-refractivity contribution in [2.24, 2.45) is 5.73 Å². The van der Waals surface area contributed by atoms with Crippen LogP contribution in [-0.4, -0.2) is 23.0 Å². The molecule has 0 heterocycles. The van der Waals surface area contributed by atoms with Crippen molar-refractivity contribution in [2.75, 3.05) is 7.05 Å². The molecule has 1 aromatic carbocycles. The molecule has 1 fully saturated rings. The number of hydrogen-bond donors (Lipinski definition) is 1. The first-order valence-corrected chi connectivity index (χ1v) is 6.26. The Balaban J connectivity index is 2.11. The number of benzene rings is 1. The smallest absolute Gasteiger partial charge is 0.124 e. The van der Waals surface area contributed by atoms with E-state index in [1.54, 1.807) is 6.07 Å². The highest BCUT2D eigenvalue weighted by atomic mass is 32.1. The van der Waals surface area contributed by atoms with Crippen molar-refractivity contribution < 1.29 is 4.39 Å². The van der Waals surface area contributed by atoms with Crippen LogP contribution in [0.5, 0.6) is 0 Å². The van der Waals surface area contributed by atoms with Crippen LogP contribution < -0.4 is 5.73 Å². The van der Waals surface area contributed by atoms with Gasteiger partial charge in [-0.25, -0.2) is 4.39 Å². The van der Waals surface area contributed by atoms with E-state index in [0.29, 0.717) is 11.6 Å². The second-order valence-corrected chi connectivity index (χ2v) is 5.15. The predicted octanol–water partition coefficient (Wildman–Crippen LogP) is 2.44. The van der Waals surface area contributed by atoms with E-state index in [-0.39, 0.29) is 10.8 Å². The van der Waals surface area contributed by atoms with Gasteiger partial charge in [0.05, 0.1) is 0 Å². The van der Waals surface area contributed by atoms with Gasteiger partial charge in [-0.1, -0.05) is 18.6 Å². The second-order valence-electron chi connectivity index (χ2n) is 4.71. The van der Waals surface area contributed by atoms with Crippen molar-refractivity contribution in [1.82, 2.24) is 4.90 Å². The molecule has 1 saturated carbocycles. The number of halogens is 1. The average molecular weight is 252 g/mol. The Labute approximate surface area is 107 Å². The predicted molar refractivity (Wildman–Crippen MR) is 71.4 cm³/mol. The van der Waals surface area contributed by atoms with Crippen molar-refractivity contribution in [3.8, 4) is 0 Å². The highest BCUT2D eigenvalue weighted by Gasteiger charge is 2.21. The Morgan fingerprint density at radius 1 is 1.47 bits per heavy atom. The van der Waals surface area contributed by atoms with Gasteiger partial charge >= 0.3 is 0 Å². The minimum Gasteiger partial charge on any atom is -0.389 e. The Bertz CT molecular complexity index is 429. The molecule has 0 atom stereocenters. The van der Waals surface area contributed by atoms with Crippen LogP contribution in [0.1, 0.15) is 30.4 Å². The Kier molecular flexibility index (Phi) is 3.74. The molecule has 0 bridgehead atoms. The van der Waals surface area contributed by atoms with Gasteiger partial charge in [0.2, 0.25) is 0 Å². The summed E-state index contributed by atoms with van der Waals surface area (Å²) in [5.74, 6) is -0.271. The molecule has 0 spiro atoms. The number of rotatable bonds is 4. The van der Waals surface area contributed by atoms with E-state index in [0.717, 1.165) is 12.1 Å². The molecule has 0 amide bonds. The van der Waals surface area contributed by atoms with E-state index < -0.39 is 0 Å². The Hall–Kier alpha value is -1.00. The first-order valence-electron chi connectivity index (χ1n) is 5.86. The molecule has 0 unspecified atom stereocenters. The minimum absolute atomic E-state index is 0.247. The molecule has 0 aliphatic heterocycles. The standard InChI is InChI=1S/C13H17FN2S/c1-16(12-3-2-4-12)8-9-5-10(13(15)17)7-11(14)6-9/h5-7,12H,2-4,8H2,1H3,(H2,15,17). The summed E-state index contributed by atoms with van der Waals surface area (Å²) < 4.78 is 13.4. The van der Waals surface area contributed by atoms with Crippen molar-refractivity contribution in [3.05, 3.63) is 35.1 Å². The first-order chi connectivity index (χ1) is 8.06. The fourth-order valence-corrected chi connectivity index (χ4v) is 2.25. The van der Waals surface area contributed by atoms with Gasteiger partial charge in [-0.2, -0.15) is 0 Å². The summed E-state index contributed by atoms with van der Waals surface area (Å²) in [5.41, 5.74) is 7.07. The monoisotopic (exact) mass is 252 g/mol. The molecule has 1 aliphatic carbocycles. The summed E-state index contributed by atoms with van der Waals surface area (Å²) in [5, 5.41) is 0. The molecule has 2 N–H and O–H groups in total. The van der Waals surface area contributed by atoms with Crippen LogP contribution in [0.25, 0.3) is 0 Å². The molecular weight excluding hydrogens is 235 g/mol. The minimum atomic E-state index is -0.271. The van der Waals surface area contributed by atoms with E-state index in [1.807, 2.05) is 6.07 Å². The van der Waals surface area contributed by atoms with Gasteiger partial charge in [-0.05, 0) is 43.7 Å². The molecular formula is C13H17FN2S. The van der Waals surface area contributed by atoms with Crippen LogP contribution in [0.15, 0.2) is 18.2 Å². The summed E-state index contributed by atoms with van der Waals surface area (Å²) >= 11 is 4.88. The van der Waals surface area contributed by atoms with Crippen LogP contribution >= 0.6 is 12.2 Å². The number of nitrogens with two attached hydrogens (primary N) is 1. The first kappa shape index (κ1) is 12.5. The Morgan fingerprint density at radius 3 is 2.71 bits per heavy atom. The third-order valence-corrected chi connectivity index (χ3v) is 3.61. The zero-order valence-corrected chi connectivity index (χ0v) is 10.8. The van der Waals surface area contributed by atoms with Gasteiger partial charge in [0.1, 0.15) is 10.8 Å². The van der Waals surface area contributed by atoms with Crippen LogP contribution in [0.3, 0.4) is 0 Å². The largest absolute Gasteiger partial charge is 0.389 e. The van der Waals surface area contributed by atoms with Gasteiger partial charge < -0.3 is 5.73 Å². The SMILES string of the molecule is CN(Cc1cc(F)cc(C(N)=S)c1)C1CCC1. The molecule has 0 aromatic heterocycles. The van der Waals surface area contributed by atoms with E-state index >= 15 is 0 Å². The van der Waals surface area contributed by atoms with E-state index in [1.165, 1.54) is 25.3 Å². The molecule has 92 valence electrons. The van der Waals surface area contributed by atoms with Crippen molar-refractivity contribution in [2.45, 2.75) is 31.8 Å². The van der Waals surface area contributed by atoms with E-state index in [9.17, 15) is 4.39 Å².